The van der Waals surface area contributed by atoms with Crippen molar-refractivity contribution in [1.29, 1.82) is 0 Å². The molecule has 86 heavy (non-hydrogen) atoms. The number of amides is 2. The van der Waals surface area contributed by atoms with E-state index in [-0.39, 0.29) is 65.9 Å². The number of rotatable bonds is 48. The smallest absolute Gasteiger partial charge is 0.302 e. The Labute approximate surface area is 528 Å². The van der Waals surface area contributed by atoms with Crippen molar-refractivity contribution in [1.82, 2.24) is 10.6 Å². The van der Waals surface area contributed by atoms with Crippen LogP contribution >= 0.6 is 0 Å². The highest BCUT2D eigenvalue weighted by molar-refractivity contribution is 5.79. The van der Waals surface area contributed by atoms with Gasteiger partial charge in [-0.2, -0.15) is 0 Å². The fourth-order valence-corrected chi connectivity index (χ4v) is 12.2. The molecule has 0 saturated carbocycles. The van der Waals surface area contributed by atoms with E-state index in [1.165, 1.54) is 87.5 Å². The zero-order chi connectivity index (χ0) is 64.5. The number of unbranched alkanes of at least 4 members (excludes halogenated alkanes) is 6. The monoisotopic (exact) mass is 1210 g/mol. The van der Waals surface area contributed by atoms with Crippen LogP contribution in [0.15, 0.2) is 48.5 Å². The van der Waals surface area contributed by atoms with Crippen LogP contribution in [0, 0.1) is 11.8 Å². The summed E-state index contributed by atoms with van der Waals surface area (Å²) in [4.78, 5) is 49.3. The molecule has 12 heteroatoms. The lowest BCUT2D eigenvalue weighted by Crippen LogP contribution is -2.38. The van der Waals surface area contributed by atoms with Gasteiger partial charge in [-0.1, -0.05) is 168 Å². The van der Waals surface area contributed by atoms with Gasteiger partial charge in [-0.25, -0.2) is 0 Å². The number of ether oxygens (including phenoxy) is 2. The van der Waals surface area contributed by atoms with Gasteiger partial charge in [-0.15, -0.1) is 0 Å². The van der Waals surface area contributed by atoms with Gasteiger partial charge in [0.2, 0.25) is 11.8 Å². The molecule has 0 saturated heterocycles. The molecular formula is C74H134N4O8+2. The maximum atomic E-state index is 13.0. The number of esters is 2. The average molecular weight is 1210 g/mol. The Morgan fingerprint density at radius 3 is 0.953 bits per heavy atom. The van der Waals surface area contributed by atoms with Gasteiger partial charge in [-0.05, 0) is 149 Å². The Bertz CT molecular complexity index is 2050. The van der Waals surface area contributed by atoms with Crippen LogP contribution < -0.4 is 10.6 Å². The number of nitrogens with one attached hydrogen (secondary N) is 2. The number of hydrogen-bond acceptors (Lipinski definition) is 8. The number of aliphatic hydroxyl groups excluding tert-OH is 2. The summed E-state index contributed by atoms with van der Waals surface area (Å²) in [6, 6.07) is 18.1. The van der Waals surface area contributed by atoms with E-state index in [0.29, 0.717) is 17.8 Å². The van der Waals surface area contributed by atoms with E-state index in [2.05, 4.69) is 150 Å². The summed E-state index contributed by atoms with van der Waals surface area (Å²) < 4.78 is 13.1. The van der Waals surface area contributed by atoms with Gasteiger partial charge >= 0.3 is 11.9 Å². The molecule has 4 N–H and O–H groups in total. The predicted octanol–water partition coefficient (Wildman–Crippen LogP) is 16.3. The van der Waals surface area contributed by atoms with E-state index < -0.39 is 0 Å². The largest absolute Gasteiger partial charge is 0.463 e. The number of carbonyl (C=O) groups excluding carboxylic acids is 4. The molecule has 0 fully saturated rings. The van der Waals surface area contributed by atoms with E-state index in [9.17, 15) is 29.4 Å². The number of nitrogens with zero attached hydrogens (tertiary/aromatic N) is 2. The Balaban J connectivity index is 0.000000868. The molecule has 0 aliphatic carbocycles. The molecule has 2 rings (SSSR count). The molecule has 0 radical (unpaired) electrons. The van der Waals surface area contributed by atoms with Crippen LogP contribution in [-0.4, -0.2) is 136 Å². The van der Waals surface area contributed by atoms with Crippen molar-refractivity contribution in [2.75, 3.05) is 68.5 Å². The van der Waals surface area contributed by atoms with Gasteiger partial charge in [0.1, 0.15) is 12.2 Å². The number of quaternary nitrogens is 2. The second-order valence-electron chi connectivity index (χ2n) is 27.6. The van der Waals surface area contributed by atoms with Crippen molar-refractivity contribution in [3.05, 3.63) is 70.8 Å². The highest BCUT2D eigenvalue weighted by Crippen LogP contribution is 2.36. The van der Waals surface area contributed by atoms with Gasteiger partial charge in [-0.3, -0.25) is 19.2 Å². The van der Waals surface area contributed by atoms with Crippen molar-refractivity contribution in [2.45, 2.75) is 297 Å². The minimum absolute atomic E-state index is 0.0137. The van der Waals surface area contributed by atoms with Crippen LogP contribution in [-0.2, 0) is 28.7 Å². The summed E-state index contributed by atoms with van der Waals surface area (Å²) in [5.74, 6) is 1.23. The topological polar surface area (TPSA) is 151 Å². The van der Waals surface area contributed by atoms with Gasteiger partial charge < -0.3 is 39.3 Å². The van der Waals surface area contributed by atoms with Gasteiger partial charge in [0.25, 0.3) is 0 Å². The molecule has 496 valence electrons. The van der Waals surface area contributed by atoms with E-state index in [0.717, 1.165) is 164 Å². The molecule has 0 aliphatic rings. The first-order chi connectivity index (χ1) is 40.9. The third-order valence-corrected chi connectivity index (χ3v) is 17.8. The summed E-state index contributed by atoms with van der Waals surface area (Å²) >= 11 is 0. The lowest BCUT2D eigenvalue weighted by molar-refractivity contribution is -0.870. The quantitative estimate of drug-likeness (QED) is 0.0290. The van der Waals surface area contributed by atoms with E-state index in [1.807, 2.05) is 6.92 Å². The van der Waals surface area contributed by atoms with Crippen molar-refractivity contribution >= 4 is 23.8 Å². The Morgan fingerprint density at radius 2 is 0.698 bits per heavy atom. The lowest BCUT2D eigenvalue weighted by Gasteiger charge is -2.26. The molecule has 12 nitrogen and oxygen atoms in total. The number of aliphatic hydroxyl groups is 2. The zero-order valence-corrected chi connectivity index (χ0v) is 58.3. The summed E-state index contributed by atoms with van der Waals surface area (Å²) in [6.45, 7) is 23.5. The van der Waals surface area contributed by atoms with Crippen molar-refractivity contribution in [2.24, 2.45) is 11.8 Å². The molecule has 10 unspecified atom stereocenters. The summed E-state index contributed by atoms with van der Waals surface area (Å²) in [6.07, 6.45) is 26.9. The van der Waals surface area contributed by atoms with Crippen LogP contribution in [0.25, 0.3) is 0 Å². The molecule has 0 heterocycles. The summed E-state index contributed by atoms with van der Waals surface area (Å²) in [5.41, 5.74) is 5.17. The standard InChI is InChI=1S/C39H68N2O5.C35H64N2O3/c1-10-14-15-16-19-35(28-37(12-3)45-30(5)42)33-22-24-34(25-23-33)36(29-38(13-4)46-31(6)43)21-17-20-32(11-2)39(44)40-26-18-27-41(7,8)9;1-8-12-13-14-17-31(26-33(38)10-3)29-20-22-30(23-21-29)32(27-34(39)11-4)19-15-18-28(9-2)35(40)36-24-16-25-37(5,6)7/h22-25,32,35-38H,10-21,26-29H2,1-9H3;20-23,28,31-34,38-39H,8-19,24-27H2,1-7H3/p+2. The van der Waals surface area contributed by atoms with Gasteiger partial charge in [0.15, 0.2) is 0 Å². The Kier molecular flexibility index (Phi) is 43.1. The number of carbonyl (C=O) groups is 4. The van der Waals surface area contributed by atoms with Crippen molar-refractivity contribution in [3.63, 3.8) is 0 Å². The maximum Gasteiger partial charge on any atom is 0.302 e. The van der Waals surface area contributed by atoms with Crippen LogP contribution in [0.3, 0.4) is 0 Å². The van der Waals surface area contributed by atoms with Crippen LogP contribution in [0.1, 0.15) is 295 Å². The summed E-state index contributed by atoms with van der Waals surface area (Å²) in [5, 5.41) is 27.3. The fraction of sp³-hybridized carbons (Fsp3) is 0.784. The minimum atomic E-state index is -0.304. The normalized spacial score (nSPS) is 15.4. The second kappa shape index (κ2) is 46.3. The Morgan fingerprint density at radius 1 is 0.395 bits per heavy atom. The molecule has 0 aromatic heterocycles. The molecular weight excluding hydrogens is 1070 g/mol. The van der Waals surface area contributed by atoms with Crippen LogP contribution in [0.2, 0.25) is 0 Å². The first-order valence-corrected chi connectivity index (χ1v) is 34.9. The molecule has 2 amide bonds. The SMILES string of the molecule is CCCCCCC(CC(CC)OC(C)=O)c1ccc(C(CCCC(CC)C(=O)NCCC[N+](C)(C)C)CC(CC)OC(C)=O)cc1.CCCCCCC(CC(O)CC)c1ccc(C(CCCC(CC)C(=O)NCCC[N+](C)(C)C)CC(O)CC)cc1. The van der Waals surface area contributed by atoms with E-state index >= 15 is 0 Å². The number of hydrogen-bond donors (Lipinski definition) is 4. The van der Waals surface area contributed by atoms with Crippen molar-refractivity contribution in [3.8, 4) is 0 Å². The fourth-order valence-electron chi connectivity index (χ4n) is 12.2. The van der Waals surface area contributed by atoms with E-state index in [4.69, 9.17) is 9.47 Å². The first-order valence-electron chi connectivity index (χ1n) is 34.9. The maximum absolute atomic E-state index is 13.0. The second-order valence-corrected chi connectivity index (χ2v) is 27.6. The molecule has 0 spiro atoms. The predicted molar refractivity (Wildman–Crippen MR) is 360 cm³/mol. The average Bonchev–Trinajstić information content (AvgIpc) is 3.55. The Hall–Kier alpha value is -3.84. The highest BCUT2D eigenvalue weighted by atomic mass is 16.5. The minimum Gasteiger partial charge on any atom is -0.463 e. The van der Waals surface area contributed by atoms with Crippen molar-refractivity contribution < 1.29 is 47.8 Å². The first kappa shape index (κ1) is 80.2. The molecule has 2 aromatic carbocycles. The highest BCUT2D eigenvalue weighted by Gasteiger charge is 2.26. The molecule has 0 aliphatic heterocycles. The van der Waals surface area contributed by atoms with Crippen LogP contribution in [0.5, 0.6) is 0 Å². The lowest BCUT2D eigenvalue weighted by atomic mass is 9.83. The summed E-state index contributed by atoms with van der Waals surface area (Å²) in [7, 11) is 13.1. The van der Waals surface area contributed by atoms with Gasteiger partial charge in [0, 0.05) is 51.6 Å². The van der Waals surface area contributed by atoms with Crippen LogP contribution in [0.4, 0.5) is 0 Å². The third-order valence-electron chi connectivity index (χ3n) is 17.8. The molecule has 0 bridgehead atoms. The zero-order valence-electron chi connectivity index (χ0n) is 58.3. The third kappa shape index (κ3) is 37.2. The molecule has 2 aromatic rings. The van der Waals surface area contributed by atoms with Gasteiger partial charge in [0.05, 0.1) is 67.6 Å². The molecule has 10 atom stereocenters. The number of benzene rings is 2. The van der Waals surface area contributed by atoms with E-state index in [1.54, 1.807) is 0 Å².